The molecule has 0 saturated heterocycles. The van der Waals surface area contributed by atoms with Crippen LogP contribution < -0.4 is 14.4 Å². The Labute approximate surface area is 209 Å². The largest absolute Gasteiger partial charge is 0.494 e. The van der Waals surface area contributed by atoms with Gasteiger partial charge in [0, 0.05) is 12.1 Å². The van der Waals surface area contributed by atoms with E-state index in [2.05, 4.69) is 5.32 Å². The highest BCUT2D eigenvalue weighted by Crippen LogP contribution is 2.22. The predicted molar refractivity (Wildman–Crippen MR) is 139 cm³/mol. The first-order chi connectivity index (χ1) is 16.2. The van der Waals surface area contributed by atoms with Gasteiger partial charge in [-0.3, -0.25) is 13.9 Å². The fourth-order valence-electron chi connectivity index (χ4n) is 3.44. The van der Waals surface area contributed by atoms with Crippen LogP contribution in [-0.2, 0) is 26.2 Å². The van der Waals surface area contributed by atoms with Gasteiger partial charge in [0.1, 0.15) is 18.3 Å². The molecule has 1 N–H and O–H groups in total. The number of amides is 2. The Hall–Kier alpha value is -3.07. The average Bonchev–Trinajstić information content (AvgIpc) is 2.75. The van der Waals surface area contributed by atoms with Crippen LogP contribution in [-0.4, -0.2) is 56.1 Å². The summed E-state index contributed by atoms with van der Waals surface area (Å²) in [7, 11) is -3.78. The Kier molecular flexibility index (Phi) is 9.31. The number of hydrogen-bond acceptors (Lipinski definition) is 5. The average molecular weight is 504 g/mol. The molecular weight excluding hydrogens is 466 g/mol. The zero-order chi connectivity index (χ0) is 26.4. The van der Waals surface area contributed by atoms with Gasteiger partial charge in [-0.1, -0.05) is 29.8 Å². The van der Waals surface area contributed by atoms with Crippen LogP contribution in [0.5, 0.6) is 5.75 Å². The molecule has 0 aliphatic heterocycles. The van der Waals surface area contributed by atoms with Crippen LogP contribution in [0.1, 0.15) is 45.7 Å². The maximum absolute atomic E-state index is 13.5. The van der Waals surface area contributed by atoms with Crippen molar-refractivity contribution in [1.29, 1.82) is 0 Å². The fraction of sp³-hybridized carbons (Fsp3) is 0.462. The van der Waals surface area contributed by atoms with Gasteiger partial charge in [-0.25, -0.2) is 8.42 Å². The third-order valence-corrected chi connectivity index (χ3v) is 6.39. The molecule has 2 rings (SSSR count). The molecule has 0 aliphatic rings. The van der Waals surface area contributed by atoms with E-state index in [4.69, 9.17) is 4.74 Å². The summed E-state index contributed by atoms with van der Waals surface area (Å²) in [4.78, 5) is 27.9. The summed E-state index contributed by atoms with van der Waals surface area (Å²) in [6, 6.07) is 13.3. The molecule has 0 aromatic heterocycles. The van der Waals surface area contributed by atoms with Gasteiger partial charge in [0.2, 0.25) is 21.8 Å². The van der Waals surface area contributed by atoms with Gasteiger partial charge in [0.05, 0.1) is 18.6 Å². The molecule has 0 aliphatic carbocycles. The van der Waals surface area contributed by atoms with E-state index in [0.717, 1.165) is 21.7 Å². The fourth-order valence-corrected chi connectivity index (χ4v) is 4.29. The lowest BCUT2D eigenvalue weighted by molar-refractivity contribution is -0.140. The van der Waals surface area contributed by atoms with E-state index in [-0.39, 0.29) is 12.5 Å². The van der Waals surface area contributed by atoms with Crippen molar-refractivity contribution in [3.63, 3.8) is 0 Å². The molecular formula is C26H37N3O5S. The zero-order valence-corrected chi connectivity index (χ0v) is 22.5. The molecule has 192 valence electrons. The standard InChI is InChI=1S/C26H37N3O5S/c1-8-34-23-15-13-22(14-16-23)29(35(7,32)33)18-24(30)28(17-21-11-9-19(2)10-12-21)20(3)25(31)27-26(4,5)6/h9-16,20H,8,17-18H2,1-7H3,(H,27,31)/t20-/m0/s1. The maximum atomic E-state index is 13.5. The number of rotatable bonds is 10. The van der Waals surface area contributed by atoms with E-state index in [1.807, 2.05) is 58.9 Å². The van der Waals surface area contributed by atoms with Crippen molar-refractivity contribution in [3.8, 4) is 5.75 Å². The van der Waals surface area contributed by atoms with Crippen LogP contribution in [0.2, 0.25) is 0 Å². The first-order valence-corrected chi connectivity index (χ1v) is 13.4. The Balaban J connectivity index is 2.37. The third kappa shape index (κ3) is 8.58. The lowest BCUT2D eigenvalue weighted by Crippen LogP contribution is -2.54. The Morgan fingerprint density at radius 3 is 2.09 bits per heavy atom. The summed E-state index contributed by atoms with van der Waals surface area (Å²) in [6.07, 6.45) is 1.05. The second kappa shape index (κ2) is 11.6. The van der Waals surface area contributed by atoms with Crippen molar-refractivity contribution in [1.82, 2.24) is 10.2 Å². The second-order valence-corrected chi connectivity index (χ2v) is 11.5. The van der Waals surface area contributed by atoms with E-state index in [0.29, 0.717) is 18.0 Å². The molecule has 2 amide bonds. The molecule has 8 nitrogen and oxygen atoms in total. The smallest absolute Gasteiger partial charge is 0.244 e. The van der Waals surface area contributed by atoms with Crippen LogP contribution in [0.4, 0.5) is 5.69 Å². The number of benzene rings is 2. The first kappa shape index (κ1) is 28.2. The molecule has 0 unspecified atom stereocenters. The molecule has 9 heteroatoms. The van der Waals surface area contributed by atoms with E-state index in [9.17, 15) is 18.0 Å². The molecule has 0 spiro atoms. The number of ether oxygens (including phenoxy) is 1. The van der Waals surface area contributed by atoms with Crippen LogP contribution in [0.15, 0.2) is 48.5 Å². The van der Waals surface area contributed by atoms with Gasteiger partial charge in [-0.2, -0.15) is 0 Å². The van der Waals surface area contributed by atoms with Crippen molar-refractivity contribution in [2.45, 2.75) is 59.7 Å². The molecule has 0 fully saturated rings. The lowest BCUT2D eigenvalue weighted by atomic mass is 10.1. The maximum Gasteiger partial charge on any atom is 0.244 e. The van der Waals surface area contributed by atoms with E-state index in [1.165, 1.54) is 4.90 Å². The van der Waals surface area contributed by atoms with Crippen LogP contribution in [0.3, 0.4) is 0 Å². The summed E-state index contributed by atoms with van der Waals surface area (Å²) in [5.74, 6) is -0.198. The summed E-state index contributed by atoms with van der Waals surface area (Å²) in [5, 5.41) is 2.90. The molecule has 0 radical (unpaired) electrons. The monoisotopic (exact) mass is 503 g/mol. The van der Waals surface area contributed by atoms with Crippen LogP contribution >= 0.6 is 0 Å². The molecule has 0 bridgehead atoms. The normalized spacial score (nSPS) is 12.5. The number of nitrogens with zero attached hydrogens (tertiary/aromatic N) is 2. The number of aryl methyl sites for hydroxylation is 1. The highest BCUT2D eigenvalue weighted by Gasteiger charge is 2.31. The van der Waals surface area contributed by atoms with Gasteiger partial charge in [0.25, 0.3) is 0 Å². The zero-order valence-electron chi connectivity index (χ0n) is 21.7. The van der Waals surface area contributed by atoms with Crippen LogP contribution in [0.25, 0.3) is 0 Å². The van der Waals surface area contributed by atoms with Gasteiger partial charge in [0.15, 0.2) is 0 Å². The summed E-state index contributed by atoms with van der Waals surface area (Å²) < 4.78 is 31.7. The van der Waals surface area contributed by atoms with Crippen molar-refractivity contribution < 1.29 is 22.7 Å². The number of carbonyl (C=O) groups excluding carboxylic acids is 2. The number of sulfonamides is 1. The predicted octanol–water partition coefficient (Wildman–Crippen LogP) is 3.49. The van der Waals surface area contributed by atoms with E-state index in [1.54, 1.807) is 31.2 Å². The minimum Gasteiger partial charge on any atom is -0.494 e. The molecule has 1 atom stereocenters. The van der Waals surface area contributed by atoms with Crippen LogP contribution in [0, 0.1) is 6.92 Å². The van der Waals surface area contributed by atoms with E-state index < -0.39 is 34.1 Å². The molecule has 35 heavy (non-hydrogen) atoms. The highest BCUT2D eigenvalue weighted by atomic mass is 32.2. The molecule has 0 heterocycles. The summed E-state index contributed by atoms with van der Waals surface area (Å²) in [5.41, 5.74) is 1.77. The van der Waals surface area contributed by atoms with Gasteiger partial charge < -0.3 is 15.0 Å². The van der Waals surface area contributed by atoms with Crippen molar-refractivity contribution in [2.24, 2.45) is 0 Å². The summed E-state index contributed by atoms with van der Waals surface area (Å²) >= 11 is 0. The van der Waals surface area contributed by atoms with Crippen molar-refractivity contribution in [2.75, 3.05) is 23.7 Å². The number of carbonyl (C=O) groups is 2. The number of nitrogens with one attached hydrogen (secondary N) is 1. The van der Waals surface area contributed by atoms with Crippen molar-refractivity contribution >= 4 is 27.5 Å². The topological polar surface area (TPSA) is 96.0 Å². The SMILES string of the molecule is CCOc1ccc(N(CC(=O)N(Cc2ccc(C)cc2)[C@@H](C)C(=O)NC(C)(C)C)S(C)(=O)=O)cc1. The Morgan fingerprint density at radius 1 is 1.03 bits per heavy atom. The van der Waals surface area contributed by atoms with Gasteiger partial charge in [-0.15, -0.1) is 0 Å². The Morgan fingerprint density at radius 2 is 1.60 bits per heavy atom. The lowest BCUT2D eigenvalue weighted by Gasteiger charge is -2.33. The molecule has 2 aromatic rings. The number of hydrogen-bond donors (Lipinski definition) is 1. The minimum absolute atomic E-state index is 0.165. The number of anilines is 1. The van der Waals surface area contributed by atoms with Gasteiger partial charge in [-0.05, 0) is 71.4 Å². The second-order valence-electron chi connectivity index (χ2n) is 9.62. The molecule has 0 saturated carbocycles. The first-order valence-electron chi connectivity index (χ1n) is 11.6. The minimum atomic E-state index is -3.78. The Bertz CT molecular complexity index is 1110. The van der Waals surface area contributed by atoms with Crippen molar-refractivity contribution in [3.05, 3.63) is 59.7 Å². The van der Waals surface area contributed by atoms with E-state index >= 15 is 0 Å². The third-order valence-electron chi connectivity index (χ3n) is 5.25. The molecule has 2 aromatic carbocycles. The van der Waals surface area contributed by atoms with Gasteiger partial charge >= 0.3 is 0 Å². The highest BCUT2D eigenvalue weighted by molar-refractivity contribution is 7.92. The quantitative estimate of drug-likeness (QED) is 0.535. The summed E-state index contributed by atoms with van der Waals surface area (Å²) in [6.45, 7) is 11.3.